The van der Waals surface area contributed by atoms with Crippen molar-refractivity contribution < 1.29 is 0 Å². The SMILES string of the molecule is CCN(CC)c1nc2ccccc2[nH]c1=O. The summed E-state index contributed by atoms with van der Waals surface area (Å²) in [6.07, 6.45) is 0. The minimum Gasteiger partial charge on any atom is -0.353 e. The summed E-state index contributed by atoms with van der Waals surface area (Å²) in [4.78, 5) is 21.0. The molecule has 4 nitrogen and oxygen atoms in total. The van der Waals surface area contributed by atoms with E-state index in [1.54, 1.807) is 0 Å². The van der Waals surface area contributed by atoms with Crippen LogP contribution >= 0.6 is 0 Å². The van der Waals surface area contributed by atoms with Crippen LogP contribution < -0.4 is 10.5 Å². The molecule has 1 aromatic carbocycles. The van der Waals surface area contributed by atoms with Crippen molar-refractivity contribution in [1.82, 2.24) is 9.97 Å². The maximum atomic E-state index is 11.8. The Bertz CT molecular complexity index is 543. The molecule has 2 aromatic rings. The van der Waals surface area contributed by atoms with E-state index in [4.69, 9.17) is 0 Å². The molecule has 1 N–H and O–H groups in total. The van der Waals surface area contributed by atoms with E-state index in [0.717, 1.165) is 24.1 Å². The van der Waals surface area contributed by atoms with Crippen LogP contribution in [-0.2, 0) is 0 Å². The zero-order valence-electron chi connectivity index (χ0n) is 9.53. The lowest BCUT2D eigenvalue weighted by Crippen LogP contribution is -2.29. The number of nitrogens with zero attached hydrogens (tertiary/aromatic N) is 2. The van der Waals surface area contributed by atoms with Crippen molar-refractivity contribution in [2.75, 3.05) is 18.0 Å². The van der Waals surface area contributed by atoms with E-state index >= 15 is 0 Å². The number of hydrogen-bond donors (Lipinski definition) is 1. The molecular formula is C12H15N3O. The average molecular weight is 217 g/mol. The van der Waals surface area contributed by atoms with Crippen molar-refractivity contribution in [2.45, 2.75) is 13.8 Å². The number of hydrogen-bond acceptors (Lipinski definition) is 3. The summed E-state index contributed by atoms with van der Waals surface area (Å²) in [7, 11) is 0. The molecule has 0 amide bonds. The van der Waals surface area contributed by atoms with Crippen LogP contribution in [-0.4, -0.2) is 23.1 Å². The molecule has 1 heterocycles. The molecule has 2 rings (SSSR count). The second kappa shape index (κ2) is 4.35. The van der Waals surface area contributed by atoms with Gasteiger partial charge in [0, 0.05) is 13.1 Å². The van der Waals surface area contributed by atoms with Crippen molar-refractivity contribution >= 4 is 16.9 Å². The molecule has 0 saturated heterocycles. The predicted octanol–water partition coefficient (Wildman–Crippen LogP) is 1.77. The monoisotopic (exact) mass is 217 g/mol. The van der Waals surface area contributed by atoms with Gasteiger partial charge in [-0.25, -0.2) is 4.98 Å². The molecule has 0 atom stereocenters. The first-order chi connectivity index (χ1) is 7.76. The predicted molar refractivity (Wildman–Crippen MR) is 65.9 cm³/mol. The van der Waals surface area contributed by atoms with Crippen LogP contribution in [0.15, 0.2) is 29.1 Å². The van der Waals surface area contributed by atoms with E-state index in [2.05, 4.69) is 9.97 Å². The van der Waals surface area contributed by atoms with Gasteiger partial charge in [0.1, 0.15) is 0 Å². The van der Waals surface area contributed by atoms with Crippen molar-refractivity contribution in [3.8, 4) is 0 Å². The molecule has 0 unspecified atom stereocenters. The fraction of sp³-hybridized carbons (Fsp3) is 0.333. The number of anilines is 1. The number of aromatic amines is 1. The molecule has 0 aliphatic carbocycles. The minimum absolute atomic E-state index is 0.123. The summed E-state index contributed by atoms with van der Waals surface area (Å²) in [5.41, 5.74) is 1.48. The van der Waals surface area contributed by atoms with Crippen LogP contribution in [0.3, 0.4) is 0 Å². The van der Waals surface area contributed by atoms with Crippen molar-refractivity contribution in [3.05, 3.63) is 34.6 Å². The summed E-state index contributed by atoms with van der Waals surface area (Å²) < 4.78 is 0. The normalized spacial score (nSPS) is 10.6. The van der Waals surface area contributed by atoms with Gasteiger partial charge in [-0.2, -0.15) is 0 Å². The molecule has 0 radical (unpaired) electrons. The lowest BCUT2D eigenvalue weighted by Gasteiger charge is -2.18. The Morgan fingerprint density at radius 3 is 2.62 bits per heavy atom. The molecule has 0 aliphatic heterocycles. The third kappa shape index (κ3) is 1.78. The smallest absolute Gasteiger partial charge is 0.291 e. The molecule has 0 fully saturated rings. The Morgan fingerprint density at radius 2 is 1.94 bits per heavy atom. The fourth-order valence-electron chi connectivity index (χ4n) is 1.76. The minimum atomic E-state index is -0.123. The van der Waals surface area contributed by atoms with Gasteiger partial charge in [-0.15, -0.1) is 0 Å². The Kier molecular flexibility index (Phi) is 2.90. The first-order valence-corrected chi connectivity index (χ1v) is 5.50. The highest BCUT2D eigenvalue weighted by Gasteiger charge is 2.09. The number of H-pyrrole nitrogens is 1. The molecule has 16 heavy (non-hydrogen) atoms. The number of rotatable bonds is 3. The number of nitrogens with one attached hydrogen (secondary N) is 1. The lowest BCUT2D eigenvalue weighted by molar-refractivity contribution is 0.838. The molecule has 4 heteroatoms. The summed E-state index contributed by atoms with van der Waals surface area (Å²) in [6, 6.07) is 7.56. The van der Waals surface area contributed by atoms with Crippen molar-refractivity contribution in [2.24, 2.45) is 0 Å². The van der Waals surface area contributed by atoms with Crippen molar-refractivity contribution in [1.29, 1.82) is 0 Å². The van der Waals surface area contributed by atoms with Crippen LogP contribution in [0, 0.1) is 0 Å². The zero-order chi connectivity index (χ0) is 11.5. The summed E-state index contributed by atoms with van der Waals surface area (Å²) in [5, 5.41) is 0. The van der Waals surface area contributed by atoms with E-state index in [1.807, 2.05) is 43.0 Å². The Labute approximate surface area is 93.9 Å². The van der Waals surface area contributed by atoms with Gasteiger partial charge in [-0.05, 0) is 26.0 Å². The van der Waals surface area contributed by atoms with Crippen LogP contribution in [0.5, 0.6) is 0 Å². The van der Waals surface area contributed by atoms with Gasteiger partial charge in [0.15, 0.2) is 5.82 Å². The van der Waals surface area contributed by atoms with Gasteiger partial charge in [-0.3, -0.25) is 4.79 Å². The summed E-state index contributed by atoms with van der Waals surface area (Å²) >= 11 is 0. The first kappa shape index (κ1) is 10.7. The van der Waals surface area contributed by atoms with Gasteiger partial charge < -0.3 is 9.88 Å². The lowest BCUT2D eigenvalue weighted by atomic mass is 10.3. The molecule has 0 aliphatic rings. The second-order valence-corrected chi connectivity index (χ2v) is 3.58. The largest absolute Gasteiger partial charge is 0.353 e. The number of benzene rings is 1. The molecule has 84 valence electrons. The highest BCUT2D eigenvalue weighted by Crippen LogP contribution is 2.10. The Balaban J connectivity index is 2.62. The van der Waals surface area contributed by atoms with Gasteiger partial charge in [-0.1, -0.05) is 12.1 Å². The standard InChI is InChI=1S/C12H15N3O/c1-3-15(4-2)11-12(16)14-10-8-6-5-7-9(10)13-11/h5-8H,3-4H2,1-2H3,(H,14,16). The van der Waals surface area contributed by atoms with Crippen LogP contribution in [0.1, 0.15) is 13.8 Å². The first-order valence-electron chi connectivity index (χ1n) is 5.50. The third-order valence-corrected chi connectivity index (χ3v) is 2.64. The van der Waals surface area contributed by atoms with E-state index in [1.165, 1.54) is 0 Å². The number of aromatic nitrogens is 2. The molecule has 0 spiro atoms. The Morgan fingerprint density at radius 1 is 1.25 bits per heavy atom. The van der Waals surface area contributed by atoms with Crippen LogP contribution in [0.4, 0.5) is 5.82 Å². The van der Waals surface area contributed by atoms with Gasteiger partial charge in [0.2, 0.25) is 0 Å². The van der Waals surface area contributed by atoms with E-state index in [-0.39, 0.29) is 5.56 Å². The number of para-hydroxylation sites is 2. The van der Waals surface area contributed by atoms with Gasteiger partial charge in [0.25, 0.3) is 5.56 Å². The maximum absolute atomic E-state index is 11.8. The zero-order valence-corrected chi connectivity index (χ0v) is 9.53. The average Bonchev–Trinajstić information content (AvgIpc) is 2.31. The topological polar surface area (TPSA) is 49.0 Å². The molecular weight excluding hydrogens is 202 g/mol. The molecule has 1 aromatic heterocycles. The van der Waals surface area contributed by atoms with E-state index in [9.17, 15) is 4.79 Å². The van der Waals surface area contributed by atoms with E-state index < -0.39 is 0 Å². The molecule has 0 saturated carbocycles. The van der Waals surface area contributed by atoms with Crippen molar-refractivity contribution in [3.63, 3.8) is 0 Å². The Hall–Kier alpha value is -1.84. The van der Waals surface area contributed by atoms with Crippen LogP contribution in [0.25, 0.3) is 11.0 Å². The van der Waals surface area contributed by atoms with E-state index in [0.29, 0.717) is 5.82 Å². The maximum Gasteiger partial charge on any atom is 0.291 e. The quantitative estimate of drug-likeness (QED) is 0.852. The summed E-state index contributed by atoms with van der Waals surface area (Å²) in [5.74, 6) is 0.503. The fourth-order valence-corrected chi connectivity index (χ4v) is 1.76. The second-order valence-electron chi connectivity index (χ2n) is 3.58. The third-order valence-electron chi connectivity index (χ3n) is 2.64. The number of fused-ring (bicyclic) bond motifs is 1. The van der Waals surface area contributed by atoms with Gasteiger partial charge >= 0.3 is 0 Å². The van der Waals surface area contributed by atoms with Crippen LogP contribution in [0.2, 0.25) is 0 Å². The summed E-state index contributed by atoms with van der Waals surface area (Å²) in [6.45, 7) is 5.59. The highest BCUT2D eigenvalue weighted by atomic mass is 16.1. The van der Waals surface area contributed by atoms with Gasteiger partial charge in [0.05, 0.1) is 11.0 Å². The molecule has 0 bridgehead atoms. The highest BCUT2D eigenvalue weighted by molar-refractivity contribution is 5.75.